The van der Waals surface area contributed by atoms with Crippen LogP contribution >= 0.6 is 0 Å². The summed E-state index contributed by atoms with van der Waals surface area (Å²) in [6.45, 7) is 3.55. The van der Waals surface area contributed by atoms with Crippen molar-refractivity contribution in [3.8, 4) is 0 Å². The molecule has 0 bridgehead atoms. The van der Waals surface area contributed by atoms with Gasteiger partial charge in [-0.25, -0.2) is 4.79 Å². The molecule has 0 radical (unpaired) electrons. The van der Waals surface area contributed by atoms with Crippen LogP contribution < -0.4 is 5.32 Å². The van der Waals surface area contributed by atoms with E-state index in [1.54, 1.807) is 44.2 Å². The number of carbonyl (C=O) groups excluding carboxylic acids is 2. The molecule has 1 heterocycles. The number of ether oxygens (including phenoxy) is 1. The monoisotopic (exact) mass is 390 g/mol. The summed E-state index contributed by atoms with van der Waals surface area (Å²) in [4.78, 5) is 37.3. The minimum Gasteiger partial charge on any atom is -0.463 e. The Bertz CT molecular complexity index is 1130. The van der Waals surface area contributed by atoms with Gasteiger partial charge in [0.15, 0.2) is 5.78 Å². The second kappa shape index (κ2) is 7.01. The van der Waals surface area contributed by atoms with Crippen LogP contribution in [0.25, 0.3) is 5.70 Å². The Hall–Kier alpha value is -3.74. The van der Waals surface area contributed by atoms with Gasteiger partial charge in [-0.3, -0.25) is 14.9 Å². The maximum absolute atomic E-state index is 13.3. The molecule has 1 aliphatic heterocycles. The largest absolute Gasteiger partial charge is 0.463 e. The zero-order chi connectivity index (χ0) is 20.7. The van der Waals surface area contributed by atoms with E-state index < -0.39 is 16.8 Å². The summed E-state index contributed by atoms with van der Waals surface area (Å²) in [7, 11) is 0. The van der Waals surface area contributed by atoms with Crippen molar-refractivity contribution in [2.75, 3.05) is 6.61 Å². The summed E-state index contributed by atoms with van der Waals surface area (Å²) >= 11 is 0. The Labute approximate surface area is 166 Å². The summed E-state index contributed by atoms with van der Waals surface area (Å²) in [5.74, 6) is -1.75. The number of nitro benzene ring substituents is 1. The number of ketones is 1. The lowest BCUT2D eigenvalue weighted by molar-refractivity contribution is -0.385. The van der Waals surface area contributed by atoms with E-state index in [2.05, 4.69) is 5.32 Å². The van der Waals surface area contributed by atoms with Crippen molar-refractivity contribution in [1.29, 1.82) is 0 Å². The minimum atomic E-state index is -0.896. The van der Waals surface area contributed by atoms with Crippen LogP contribution in [0, 0.1) is 10.1 Å². The van der Waals surface area contributed by atoms with Gasteiger partial charge in [-0.05, 0) is 13.8 Å². The number of nitrogens with zero attached hydrogens (tertiary/aromatic N) is 1. The van der Waals surface area contributed by atoms with Crippen molar-refractivity contribution < 1.29 is 19.2 Å². The van der Waals surface area contributed by atoms with Gasteiger partial charge in [0.1, 0.15) is 0 Å². The molecule has 7 nitrogen and oxygen atoms in total. The lowest BCUT2D eigenvalue weighted by atomic mass is 9.79. The smallest absolute Gasteiger partial charge is 0.336 e. The molecule has 146 valence electrons. The SMILES string of the molecule is CCOC(=O)C1=C(C)NC2=C(C(=O)c3ccccc32)C1c1ccccc1[N+](=O)[O-]. The number of dihydropyridines is 1. The van der Waals surface area contributed by atoms with Gasteiger partial charge in [-0.15, -0.1) is 0 Å². The number of Topliss-reactive ketones (excluding diaryl/α,β-unsaturated/α-hetero) is 1. The fraction of sp³-hybridized carbons (Fsp3) is 0.182. The summed E-state index contributed by atoms with van der Waals surface area (Å²) in [6, 6.07) is 13.3. The van der Waals surface area contributed by atoms with Crippen LogP contribution in [0.3, 0.4) is 0 Å². The van der Waals surface area contributed by atoms with Crippen LogP contribution in [0.5, 0.6) is 0 Å². The number of fused-ring (bicyclic) bond motifs is 2. The number of hydrogen-bond donors (Lipinski definition) is 1. The number of nitrogens with one attached hydrogen (secondary N) is 1. The molecule has 2 aromatic carbocycles. The average Bonchev–Trinajstić information content (AvgIpc) is 2.99. The van der Waals surface area contributed by atoms with E-state index in [9.17, 15) is 19.7 Å². The Morgan fingerprint density at radius 2 is 1.79 bits per heavy atom. The maximum Gasteiger partial charge on any atom is 0.336 e. The summed E-state index contributed by atoms with van der Waals surface area (Å²) < 4.78 is 5.22. The molecule has 0 spiro atoms. The highest BCUT2D eigenvalue weighted by Crippen LogP contribution is 2.48. The quantitative estimate of drug-likeness (QED) is 0.485. The summed E-state index contributed by atoms with van der Waals surface area (Å²) in [5.41, 5.74) is 2.99. The molecule has 1 unspecified atom stereocenters. The predicted molar refractivity (Wildman–Crippen MR) is 106 cm³/mol. The second-order valence-corrected chi connectivity index (χ2v) is 6.80. The first-order valence-electron chi connectivity index (χ1n) is 9.22. The molecule has 2 aromatic rings. The predicted octanol–water partition coefficient (Wildman–Crippen LogP) is 3.73. The van der Waals surface area contributed by atoms with E-state index in [1.807, 2.05) is 12.1 Å². The molecule has 1 atom stereocenters. The number of rotatable bonds is 4. The zero-order valence-electron chi connectivity index (χ0n) is 15.9. The maximum atomic E-state index is 13.3. The summed E-state index contributed by atoms with van der Waals surface area (Å²) in [6.07, 6.45) is 0. The highest BCUT2D eigenvalue weighted by atomic mass is 16.6. The molecular formula is C22H18N2O5. The Kier molecular flexibility index (Phi) is 4.50. The third kappa shape index (κ3) is 2.82. The number of hydrogen-bond acceptors (Lipinski definition) is 6. The van der Waals surface area contributed by atoms with Crippen molar-refractivity contribution in [2.24, 2.45) is 0 Å². The van der Waals surface area contributed by atoms with Gasteiger partial charge in [0.05, 0.1) is 28.7 Å². The number of allylic oxidation sites excluding steroid dienone is 2. The van der Waals surface area contributed by atoms with E-state index >= 15 is 0 Å². The molecular weight excluding hydrogens is 372 g/mol. The van der Waals surface area contributed by atoms with Crippen molar-refractivity contribution >= 4 is 23.1 Å². The van der Waals surface area contributed by atoms with Gasteiger partial charge in [0, 0.05) is 34.0 Å². The Morgan fingerprint density at radius 1 is 1.14 bits per heavy atom. The Balaban J connectivity index is 1.99. The van der Waals surface area contributed by atoms with E-state index in [1.165, 1.54) is 6.07 Å². The standard InChI is InChI=1S/C22H18N2O5/c1-3-29-22(26)17-12(2)23-20-13-8-4-5-9-14(13)21(25)19(20)18(17)15-10-6-7-11-16(15)24(27)28/h4-11,18,23H,3H2,1-2H3. The highest BCUT2D eigenvalue weighted by Gasteiger charge is 2.44. The third-order valence-corrected chi connectivity index (χ3v) is 5.19. The lowest BCUT2D eigenvalue weighted by Crippen LogP contribution is -2.29. The van der Waals surface area contributed by atoms with E-state index in [0.29, 0.717) is 22.5 Å². The molecule has 1 aliphatic carbocycles. The third-order valence-electron chi connectivity index (χ3n) is 5.19. The molecule has 0 saturated heterocycles. The molecule has 2 aliphatic rings. The minimum absolute atomic E-state index is 0.149. The first-order valence-corrected chi connectivity index (χ1v) is 9.22. The number of benzene rings is 2. The number of nitro groups is 1. The van der Waals surface area contributed by atoms with E-state index in [0.717, 1.165) is 5.56 Å². The normalized spacial score (nSPS) is 17.6. The van der Waals surface area contributed by atoms with Crippen LogP contribution in [-0.2, 0) is 9.53 Å². The van der Waals surface area contributed by atoms with Crippen LogP contribution in [-0.4, -0.2) is 23.3 Å². The second-order valence-electron chi connectivity index (χ2n) is 6.80. The van der Waals surface area contributed by atoms with Crippen LogP contribution in [0.4, 0.5) is 5.69 Å². The average molecular weight is 390 g/mol. The summed E-state index contributed by atoms with van der Waals surface area (Å²) in [5, 5.41) is 14.9. The van der Waals surface area contributed by atoms with Gasteiger partial charge in [-0.2, -0.15) is 0 Å². The number of para-hydroxylation sites is 1. The fourth-order valence-corrected chi connectivity index (χ4v) is 4.02. The molecule has 1 N–H and O–H groups in total. The van der Waals surface area contributed by atoms with Crippen molar-refractivity contribution in [1.82, 2.24) is 5.32 Å². The molecule has 0 amide bonds. The van der Waals surface area contributed by atoms with Gasteiger partial charge in [-0.1, -0.05) is 42.5 Å². The number of carbonyl (C=O) groups is 2. The van der Waals surface area contributed by atoms with Crippen LogP contribution in [0.15, 0.2) is 65.4 Å². The molecule has 29 heavy (non-hydrogen) atoms. The highest BCUT2D eigenvalue weighted by molar-refractivity contribution is 6.23. The molecule has 4 rings (SSSR count). The van der Waals surface area contributed by atoms with Crippen LogP contribution in [0.2, 0.25) is 0 Å². The first kappa shape index (κ1) is 18.6. The number of esters is 1. The first-order chi connectivity index (χ1) is 14.0. The van der Waals surface area contributed by atoms with Crippen molar-refractivity contribution in [3.63, 3.8) is 0 Å². The molecule has 0 aromatic heterocycles. The molecule has 7 heteroatoms. The van der Waals surface area contributed by atoms with Gasteiger partial charge >= 0.3 is 5.97 Å². The fourth-order valence-electron chi connectivity index (χ4n) is 4.02. The van der Waals surface area contributed by atoms with E-state index in [4.69, 9.17) is 4.74 Å². The topological polar surface area (TPSA) is 98.5 Å². The van der Waals surface area contributed by atoms with E-state index in [-0.39, 0.29) is 29.2 Å². The molecule has 0 saturated carbocycles. The van der Waals surface area contributed by atoms with Gasteiger partial charge in [0.2, 0.25) is 0 Å². The van der Waals surface area contributed by atoms with Crippen molar-refractivity contribution in [2.45, 2.75) is 19.8 Å². The van der Waals surface area contributed by atoms with Crippen LogP contribution in [0.1, 0.15) is 41.3 Å². The van der Waals surface area contributed by atoms with Gasteiger partial charge < -0.3 is 10.1 Å². The van der Waals surface area contributed by atoms with Gasteiger partial charge in [0.25, 0.3) is 5.69 Å². The Morgan fingerprint density at radius 3 is 2.48 bits per heavy atom. The molecule has 0 fully saturated rings. The zero-order valence-corrected chi connectivity index (χ0v) is 15.9. The lowest BCUT2D eigenvalue weighted by Gasteiger charge is -2.29. The van der Waals surface area contributed by atoms with Crippen molar-refractivity contribution in [3.05, 3.63) is 92.2 Å².